The van der Waals surface area contributed by atoms with E-state index in [9.17, 15) is 13.2 Å². The Hall–Kier alpha value is -2.17. The number of hydrogen-bond donors (Lipinski definition) is 0. The number of rotatable bonds is 9. The lowest BCUT2D eigenvalue weighted by molar-refractivity contribution is -0.138. The Kier molecular flexibility index (Phi) is 9.70. The summed E-state index contributed by atoms with van der Waals surface area (Å²) in [5.74, 6) is 0.588. The average Bonchev–Trinajstić information content (AvgIpc) is 2.90. The molecule has 0 radical (unpaired) electrons. The molecule has 0 aromatic heterocycles. The molecule has 0 saturated carbocycles. The normalized spacial score (nSPS) is 19.5. The molecular weight excluding hydrogens is 526 g/mol. The van der Waals surface area contributed by atoms with E-state index in [4.69, 9.17) is 21.1 Å². The molecule has 208 valence electrons. The third-order valence-corrected chi connectivity index (χ3v) is 9.90. The molecule has 2 aromatic rings. The van der Waals surface area contributed by atoms with Gasteiger partial charge in [-0.25, -0.2) is 8.42 Å². The van der Waals surface area contributed by atoms with Crippen molar-refractivity contribution in [1.82, 2.24) is 14.1 Å². The maximum atomic E-state index is 13.7. The van der Waals surface area contributed by atoms with Gasteiger partial charge < -0.3 is 14.4 Å². The zero-order valence-corrected chi connectivity index (χ0v) is 24.1. The second kappa shape index (κ2) is 12.8. The van der Waals surface area contributed by atoms with Crippen molar-refractivity contribution in [2.75, 3.05) is 53.0 Å². The van der Waals surface area contributed by atoms with Gasteiger partial charge >= 0.3 is 0 Å². The Labute approximate surface area is 231 Å². The number of sulfonamides is 1. The summed E-state index contributed by atoms with van der Waals surface area (Å²) in [4.78, 5) is 17.3. The first-order valence-corrected chi connectivity index (χ1v) is 15.0. The molecule has 2 aromatic carbocycles. The van der Waals surface area contributed by atoms with E-state index in [0.717, 1.165) is 37.5 Å². The monoisotopic (exact) mass is 563 g/mol. The van der Waals surface area contributed by atoms with Crippen LogP contribution in [0.2, 0.25) is 5.02 Å². The van der Waals surface area contributed by atoms with E-state index < -0.39 is 10.0 Å². The van der Waals surface area contributed by atoms with Crippen molar-refractivity contribution in [3.05, 3.63) is 58.1 Å². The standard InChI is InChI=1S/C28H38ClN3O5S/c1-21-16-26(36-3)17-22(2)28(21)38(34,35)32-11-5-4-6-25(32)19-37-20-27(33)31-14-12-30(13-15-31)18-23-7-9-24(29)10-8-23/h7-10,16-17,25H,4-6,11-15,18-20H2,1-3H3. The molecule has 2 aliphatic rings. The van der Waals surface area contributed by atoms with Crippen molar-refractivity contribution >= 4 is 27.5 Å². The van der Waals surface area contributed by atoms with E-state index in [2.05, 4.69) is 4.90 Å². The van der Waals surface area contributed by atoms with Crippen molar-refractivity contribution in [2.45, 2.75) is 50.6 Å². The largest absolute Gasteiger partial charge is 0.497 e. The number of amides is 1. The third kappa shape index (κ3) is 6.87. The maximum absolute atomic E-state index is 13.7. The van der Waals surface area contributed by atoms with Crippen LogP contribution in [0.1, 0.15) is 36.0 Å². The van der Waals surface area contributed by atoms with Gasteiger partial charge in [0, 0.05) is 50.3 Å². The number of benzene rings is 2. The van der Waals surface area contributed by atoms with Gasteiger partial charge in [0.2, 0.25) is 15.9 Å². The predicted octanol–water partition coefficient (Wildman–Crippen LogP) is 3.87. The summed E-state index contributed by atoms with van der Waals surface area (Å²) in [7, 11) is -2.14. The first-order valence-electron chi connectivity index (χ1n) is 13.2. The molecule has 2 saturated heterocycles. The lowest BCUT2D eigenvalue weighted by Gasteiger charge is -2.36. The van der Waals surface area contributed by atoms with E-state index in [1.807, 2.05) is 29.2 Å². The summed E-state index contributed by atoms with van der Waals surface area (Å²) in [5.41, 5.74) is 2.53. The van der Waals surface area contributed by atoms with Crippen LogP contribution < -0.4 is 4.74 Å². The minimum atomic E-state index is -3.71. The fourth-order valence-electron chi connectivity index (χ4n) is 5.39. The molecule has 1 amide bonds. The molecule has 4 rings (SSSR count). The fraction of sp³-hybridized carbons (Fsp3) is 0.536. The van der Waals surface area contributed by atoms with Crippen molar-refractivity contribution < 1.29 is 22.7 Å². The SMILES string of the molecule is COc1cc(C)c(S(=O)(=O)N2CCCCC2COCC(=O)N2CCN(Cc3ccc(Cl)cc3)CC2)c(C)c1. The molecule has 1 atom stereocenters. The highest BCUT2D eigenvalue weighted by molar-refractivity contribution is 7.89. The van der Waals surface area contributed by atoms with Crippen molar-refractivity contribution in [1.29, 1.82) is 0 Å². The summed E-state index contributed by atoms with van der Waals surface area (Å²) in [6.45, 7) is 7.92. The van der Waals surface area contributed by atoms with Crippen LogP contribution in [-0.2, 0) is 26.1 Å². The molecule has 0 aliphatic carbocycles. The van der Waals surface area contributed by atoms with Crippen LogP contribution in [-0.4, -0.2) is 87.5 Å². The summed E-state index contributed by atoms with van der Waals surface area (Å²) >= 11 is 5.97. The van der Waals surface area contributed by atoms with Gasteiger partial charge in [-0.2, -0.15) is 4.31 Å². The summed E-state index contributed by atoms with van der Waals surface area (Å²) in [6, 6.07) is 11.1. The highest BCUT2D eigenvalue weighted by Crippen LogP contribution is 2.32. The number of piperazine rings is 1. The summed E-state index contributed by atoms with van der Waals surface area (Å²) in [6.07, 6.45) is 2.46. The number of hydrogen-bond acceptors (Lipinski definition) is 6. The molecule has 10 heteroatoms. The zero-order valence-electron chi connectivity index (χ0n) is 22.5. The highest BCUT2D eigenvalue weighted by atomic mass is 35.5. The molecular formula is C28H38ClN3O5S. The zero-order chi connectivity index (χ0) is 27.3. The number of methoxy groups -OCH3 is 1. The molecule has 0 N–H and O–H groups in total. The lowest BCUT2D eigenvalue weighted by atomic mass is 10.1. The van der Waals surface area contributed by atoms with E-state index in [0.29, 0.717) is 47.8 Å². The van der Waals surface area contributed by atoms with Crippen LogP contribution in [0.4, 0.5) is 0 Å². The van der Waals surface area contributed by atoms with Crippen LogP contribution >= 0.6 is 11.6 Å². The van der Waals surface area contributed by atoms with E-state index in [1.54, 1.807) is 37.4 Å². The van der Waals surface area contributed by atoms with E-state index >= 15 is 0 Å². The Morgan fingerprint density at radius 3 is 2.29 bits per heavy atom. The number of nitrogens with zero attached hydrogens (tertiary/aromatic N) is 3. The van der Waals surface area contributed by atoms with Crippen molar-refractivity contribution in [3.8, 4) is 5.75 Å². The first-order chi connectivity index (χ1) is 18.2. The first kappa shape index (κ1) is 28.8. The number of piperidine rings is 1. The molecule has 8 nitrogen and oxygen atoms in total. The lowest BCUT2D eigenvalue weighted by Crippen LogP contribution is -2.50. The third-order valence-electron chi connectivity index (χ3n) is 7.39. The van der Waals surface area contributed by atoms with Gasteiger partial charge in [-0.3, -0.25) is 9.69 Å². The van der Waals surface area contributed by atoms with E-state index in [-0.39, 0.29) is 25.2 Å². The molecule has 1 unspecified atom stereocenters. The van der Waals surface area contributed by atoms with Crippen LogP contribution in [0.3, 0.4) is 0 Å². The Bertz CT molecular complexity index is 1190. The van der Waals surface area contributed by atoms with Crippen molar-refractivity contribution in [3.63, 3.8) is 0 Å². The number of aryl methyl sites for hydroxylation is 2. The fourth-order valence-corrected chi connectivity index (χ4v) is 7.61. The Morgan fingerprint density at radius 2 is 1.66 bits per heavy atom. The van der Waals surface area contributed by atoms with Gasteiger partial charge in [0.1, 0.15) is 12.4 Å². The smallest absolute Gasteiger partial charge is 0.248 e. The van der Waals surface area contributed by atoms with Gasteiger partial charge in [-0.15, -0.1) is 0 Å². The summed E-state index contributed by atoms with van der Waals surface area (Å²) in [5, 5.41) is 0.726. The van der Waals surface area contributed by atoms with Crippen LogP contribution in [0.5, 0.6) is 5.75 Å². The number of ether oxygens (including phenoxy) is 2. The minimum Gasteiger partial charge on any atom is -0.497 e. The van der Waals surface area contributed by atoms with Gasteiger partial charge in [-0.05, 0) is 67.6 Å². The maximum Gasteiger partial charge on any atom is 0.248 e. The van der Waals surface area contributed by atoms with E-state index in [1.165, 1.54) is 5.56 Å². The number of carbonyl (C=O) groups is 1. The molecule has 38 heavy (non-hydrogen) atoms. The Morgan fingerprint density at radius 1 is 1.00 bits per heavy atom. The second-order valence-corrected chi connectivity index (χ2v) is 12.4. The quantitative estimate of drug-likeness (QED) is 0.461. The predicted molar refractivity (Wildman–Crippen MR) is 148 cm³/mol. The molecule has 2 heterocycles. The van der Waals surface area contributed by atoms with Gasteiger partial charge in [0.15, 0.2) is 0 Å². The second-order valence-electron chi connectivity index (χ2n) is 10.2. The number of carbonyl (C=O) groups excluding carboxylic acids is 1. The molecule has 2 fully saturated rings. The van der Waals surface area contributed by atoms with Gasteiger partial charge in [0.25, 0.3) is 0 Å². The van der Waals surface area contributed by atoms with Crippen molar-refractivity contribution in [2.24, 2.45) is 0 Å². The van der Waals surface area contributed by atoms with Crippen LogP contribution in [0.25, 0.3) is 0 Å². The average molecular weight is 564 g/mol. The van der Waals surface area contributed by atoms with Crippen LogP contribution in [0.15, 0.2) is 41.3 Å². The summed E-state index contributed by atoms with van der Waals surface area (Å²) < 4.78 is 40.1. The highest BCUT2D eigenvalue weighted by Gasteiger charge is 2.36. The molecule has 0 bridgehead atoms. The van der Waals surface area contributed by atoms with Gasteiger partial charge in [-0.1, -0.05) is 30.2 Å². The molecule has 0 spiro atoms. The Balaban J connectivity index is 1.29. The molecule has 2 aliphatic heterocycles. The van der Waals surface area contributed by atoms with Crippen LogP contribution in [0, 0.1) is 13.8 Å². The minimum absolute atomic E-state index is 0.0395. The van der Waals surface area contributed by atoms with Gasteiger partial charge in [0.05, 0.1) is 18.6 Å². The number of halogens is 1. The topological polar surface area (TPSA) is 79.4 Å².